The van der Waals surface area contributed by atoms with Gasteiger partial charge in [-0.25, -0.2) is 4.79 Å². The van der Waals surface area contributed by atoms with Crippen molar-refractivity contribution in [2.45, 2.75) is 12.1 Å². The average molecular weight is 409 g/mol. The molecule has 0 saturated heterocycles. The SMILES string of the molecule is O=C(NCc1cccc2ccccc12)NC[C@@](O)(c1ccsc1)c1cccs1. The van der Waals surface area contributed by atoms with Gasteiger partial charge in [0, 0.05) is 17.0 Å². The second kappa shape index (κ2) is 8.14. The zero-order valence-electron chi connectivity index (χ0n) is 15.1. The Morgan fingerprint density at radius 2 is 1.82 bits per heavy atom. The topological polar surface area (TPSA) is 61.4 Å². The predicted octanol–water partition coefficient (Wildman–Crippen LogP) is 4.70. The molecule has 0 saturated carbocycles. The first-order valence-electron chi connectivity index (χ1n) is 8.94. The van der Waals surface area contributed by atoms with E-state index in [-0.39, 0.29) is 12.6 Å². The molecule has 0 spiro atoms. The van der Waals surface area contributed by atoms with Crippen LogP contribution in [0.2, 0.25) is 0 Å². The zero-order chi connectivity index (χ0) is 19.4. The second-order valence-corrected chi connectivity index (χ2v) is 8.25. The molecular formula is C22H20N2O2S2. The van der Waals surface area contributed by atoms with Crippen LogP contribution in [0.5, 0.6) is 0 Å². The van der Waals surface area contributed by atoms with Crippen LogP contribution in [0.15, 0.2) is 76.8 Å². The standard InChI is InChI=1S/C22H20N2O2S2/c25-21(23-13-17-7-3-6-16-5-1-2-8-19(16)17)24-15-22(26,18-10-12-27-14-18)20-9-4-11-28-20/h1-12,14,26H,13,15H2,(H2,23,24,25)/t22-/m1/s1. The highest BCUT2D eigenvalue weighted by Crippen LogP contribution is 2.33. The van der Waals surface area contributed by atoms with Gasteiger partial charge in [-0.1, -0.05) is 48.5 Å². The molecule has 0 fully saturated rings. The summed E-state index contributed by atoms with van der Waals surface area (Å²) < 4.78 is 0. The Bertz CT molecular complexity index is 1020. The third kappa shape index (κ3) is 3.80. The third-order valence-corrected chi connectivity index (χ3v) is 6.46. The number of aliphatic hydroxyl groups is 1. The molecule has 0 aliphatic carbocycles. The van der Waals surface area contributed by atoms with E-state index in [1.807, 2.05) is 58.6 Å². The summed E-state index contributed by atoms with van der Waals surface area (Å²) in [5.41, 5.74) is 0.610. The fourth-order valence-electron chi connectivity index (χ4n) is 3.24. The maximum absolute atomic E-state index is 12.4. The van der Waals surface area contributed by atoms with Crippen molar-refractivity contribution in [3.63, 3.8) is 0 Å². The summed E-state index contributed by atoms with van der Waals surface area (Å²) >= 11 is 3.00. The number of nitrogens with one attached hydrogen (secondary N) is 2. The second-order valence-electron chi connectivity index (χ2n) is 6.52. The molecule has 1 atom stereocenters. The molecule has 4 aromatic rings. The number of urea groups is 1. The van der Waals surface area contributed by atoms with E-state index in [4.69, 9.17) is 0 Å². The van der Waals surface area contributed by atoms with Crippen molar-refractivity contribution in [3.8, 4) is 0 Å². The minimum absolute atomic E-state index is 0.103. The van der Waals surface area contributed by atoms with Gasteiger partial charge in [0.25, 0.3) is 0 Å². The first kappa shape index (κ1) is 18.7. The van der Waals surface area contributed by atoms with E-state index in [1.165, 1.54) is 22.7 Å². The molecule has 2 amide bonds. The lowest BCUT2D eigenvalue weighted by Crippen LogP contribution is -2.44. The van der Waals surface area contributed by atoms with Crippen molar-refractivity contribution in [1.82, 2.24) is 10.6 Å². The number of fused-ring (bicyclic) bond motifs is 1. The van der Waals surface area contributed by atoms with E-state index in [2.05, 4.69) is 28.8 Å². The number of carbonyl (C=O) groups is 1. The number of carbonyl (C=O) groups excluding carboxylic acids is 1. The number of amides is 2. The van der Waals surface area contributed by atoms with Gasteiger partial charge in [-0.2, -0.15) is 11.3 Å². The van der Waals surface area contributed by atoms with Crippen molar-refractivity contribution < 1.29 is 9.90 Å². The summed E-state index contributed by atoms with van der Waals surface area (Å²) in [5.74, 6) is 0. The Kier molecular flexibility index (Phi) is 5.43. The molecule has 0 bridgehead atoms. The number of thiophene rings is 2. The van der Waals surface area contributed by atoms with Gasteiger partial charge in [0.2, 0.25) is 0 Å². The van der Waals surface area contributed by atoms with Crippen molar-refractivity contribution in [2.75, 3.05) is 6.54 Å². The first-order chi connectivity index (χ1) is 13.7. The molecule has 28 heavy (non-hydrogen) atoms. The summed E-state index contributed by atoms with van der Waals surface area (Å²) in [4.78, 5) is 13.2. The Labute approximate surface area is 171 Å². The van der Waals surface area contributed by atoms with Crippen LogP contribution in [-0.4, -0.2) is 17.7 Å². The van der Waals surface area contributed by atoms with E-state index in [0.717, 1.165) is 26.8 Å². The van der Waals surface area contributed by atoms with Crippen LogP contribution in [0.4, 0.5) is 4.79 Å². The highest BCUT2D eigenvalue weighted by atomic mass is 32.1. The van der Waals surface area contributed by atoms with Gasteiger partial charge in [-0.05, 0) is 44.6 Å². The van der Waals surface area contributed by atoms with Crippen molar-refractivity contribution in [2.24, 2.45) is 0 Å². The van der Waals surface area contributed by atoms with Gasteiger partial charge >= 0.3 is 6.03 Å². The van der Waals surface area contributed by atoms with E-state index in [9.17, 15) is 9.90 Å². The van der Waals surface area contributed by atoms with Crippen LogP contribution < -0.4 is 10.6 Å². The van der Waals surface area contributed by atoms with E-state index >= 15 is 0 Å². The lowest BCUT2D eigenvalue weighted by atomic mass is 9.94. The van der Waals surface area contributed by atoms with Gasteiger partial charge in [0.1, 0.15) is 5.60 Å². The fraction of sp³-hybridized carbons (Fsp3) is 0.136. The summed E-state index contributed by atoms with van der Waals surface area (Å²) in [6.07, 6.45) is 0. The average Bonchev–Trinajstić information content (AvgIpc) is 3.45. The van der Waals surface area contributed by atoms with E-state index in [0.29, 0.717) is 6.54 Å². The summed E-state index contributed by atoms with van der Waals surface area (Å²) in [7, 11) is 0. The molecule has 0 unspecified atom stereocenters. The van der Waals surface area contributed by atoms with Crippen LogP contribution in [0, 0.1) is 0 Å². The Morgan fingerprint density at radius 3 is 2.61 bits per heavy atom. The van der Waals surface area contributed by atoms with Crippen LogP contribution >= 0.6 is 22.7 Å². The first-order valence-corrected chi connectivity index (χ1v) is 10.8. The Hall–Kier alpha value is -2.67. The van der Waals surface area contributed by atoms with Gasteiger partial charge in [0.05, 0.1) is 6.54 Å². The largest absolute Gasteiger partial charge is 0.378 e. The number of hydrogen-bond acceptors (Lipinski definition) is 4. The van der Waals surface area contributed by atoms with Gasteiger partial charge in [0.15, 0.2) is 0 Å². The summed E-state index contributed by atoms with van der Waals surface area (Å²) in [5, 5.41) is 25.0. The lowest BCUT2D eigenvalue weighted by molar-refractivity contribution is 0.0863. The quantitative estimate of drug-likeness (QED) is 0.433. The molecule has 142 valence electrons. The minimum Gasteiger partial charge on any atom is -0.378 e. The highest BCUT2D eigenvalue weighted by molar-refractivity contribution is 7.10. The van der Waals surface area contributed by atoms with Gasteiger partial charge < -0.3 is 15.7 Å². The van der Waals surface area contributed by atoms with Crippen LogP contribution in [-0.2, 0) is 12.1 Å². The Morgan fingerprint density at radius 1 is 0.964 bits per heavy atom. The van der Waals surface area contributed by atoms with Crippen LogP contribution in [0.1, 0.15) is 16.0 Å². The van der Waals surface area contributed by atoms with Gasteiger partial charge in [-0.3, -0.25) is 0 Å². The maximum Gasteiger partial charge on any atom is 0.315 e. The van der Waals surface area contributed by atoms with Crippen molar-refractivity contribution in [3.05, 3.63) is 92.8 Å². The smallest absolute Gasteiger partial charge is 0.315 e. The van der Waals surface area contributed by atoms with E-state index < -0.39 is 5.60 Å². The molecular weight excluding hydrogens is 388 g/mol. The molecule has 0 radical (unpaired) electrons. The third-order valence-electron chi connectivity index (χ3n) is 4.75. The minimum atomic E-state index is -1.23. The maximum atomic E-state index is 12.4. The molecule has 2 aromatic heterocycles. The number of rotatable bonds is 6. The normalized spacial score (nSPS) is 13.2. The summed E-state index contributed by atoms with van der Waals surface area (Å²) in [6, 6.07) is 19.5. The van der Waals surface area contributed by atoms with Crippen LogP contribution in [0.25, 0.3) is 10.8 Å². The van der Waals surface area contributed by atoms with Gasteiger partial charge in [-0.15, -0.1) is 11.3 Å². The van der Waals surface area contributed by atoms with Crippen LogP contribution in [0.3, 0.4) is 0 Å². The molecule has 6 heteroatoms. The number of hydrogen-bond donors (Lipinski definition) is 3. The zero-order valence-corrected chi connectivity index (χ0v) is 16.7. The molecule has 4 nitrogen and oxygen atoms in total. The molecule has 2 heterocycles. The fourth-order valence-corrected chi connectivity index (χ4v) is 4.81. The Balaban J connectivity index is 1.43. The lowest BCUT2D eigenvalue weighted by Gasteiger charge is -2.27. The predicted molar refractivity (Wildman–Crippen MR) is 116 cm³/mol. The molecule has 3 N–H and O–H groups in total. The number of benzene rings is 2. The monoisotopic (exact) mass is 408 g/mol. The molecule has 0 aliphatic rings. The molecule has 0 aliphatic heterocycles. The molecule has 2 aromatic carbocycles. The highest BCUT2D eigenvalue weighted by Gasteiger charge is 2.33. The summed E-state index contributed by atoms with van der Waals surface area (Å²) in [6.45, 7) is 0.523. The van der Waals surface area contributed by atoms with E-state index in [1.54, 1.807) is 0 Å². The van der Waals surface area contributed by atoms with Crippen molar-refractivity contribution in [1.29, 1.82) is 0 Å². The van der Waals surface area contributed by atoms with Crippen molar-refractivity contribution >= 4 is 39.5 Å². The molecule has 4 rings (SSSR count).